The predicted octanol–water partition coefficient (Wildman–Crippen LogP) is 2.52. The first-order chi connectivity index (χ1) is 13.9. The van der Waals surface area contributed by atoms with Crippen LogP contribution in [0.2, 0.25) is 0 Å². The quantitative estimate of drug-likeness (QED) is 0.464. The van der Waals surface area contributed by atoms with Crippen molar-refractivity contribution in [3.8, 4) is 16.4 Å². The zero-order chi connectivity index (χ0) is 20.5. The van der Waals surface area contributed by atoms with Gasteiger partial charge in [-0.3, -0.25) is 14.7 Å². The Bertz CT molecular complexity index is 1200. The fraction of sp³-hybridized carbons (Fsp3) is 0.0556. The lowest BCUT2D eigenvalue weighted by Gasteiger charge is -2.04. The van der Waals surface area contributed by atoms with Gasteiger partial charge in [0.1, 0.15) is 5.82 Å². The molecule has 29 heavy (non-hydrogen) atoms. The van der Waals surface area contributed by atoms with Crippen LogP contribution in [-0.4, -0.2) is 36.8 Å². The van der Waals surface area contributed by atoms with Crippen molar-refractivity contribution in [1.29, 1.82) is 0 Å². The number of thiophene rings is 1. The third kappa shape index (κ3) is 3.50. The first-order valence-corrected chi connectivity index (χ1v) is 9.25. The lowest BCUT2D eigenvalue weighted by molar-refractivity contribution is 0.0996. The molecule has 0 aliphatic carbocycles. The number of hydrogen-bond donors (Lipinski definition) is 3. The Labute approximate surface area is 167 Å². The number of rotatable bonds is 5. The van der Waals surface area contributed by atoms with E-state index >= 15 is 0 Å². The number of nitrogens with one attached hydrogen (secondary N) is 2. The summed E-state index contributed by atoms with van der Waals surface area (Å²) in [7, 11) is 0. The molecule has 1 aromatic carbocycles. The molecule has 3 heterocycles. The van der Waals surface area contributed by atoms with E-state index in [-0.39, 0.29) is 23.0 Å². The maximum Gasteiger partial charge on any atom is 0.295 e. The number of nitrogens with two attached hydrogens (primary N) is 1. The van der Waals surface area contributed by atoms with E-state index in [0.29, 0.717) is 17.2 Å². The molecule has 2 amide bonds. The number of anilines is 1. The maximum atomic E-state index is 13.3. The molecule has 9 nitrogen and oxygen atoms in total. The molecule has 0 saturated carbocycles. The summed E-state index contributed by atoms with van der Waals surface area (Å²) in [4.78, 5) is 29.4. The van der Waals surface area contributed by atoms with Gasteiger partial charge in [-0.05, 0) is 42.6 Å². The summed E-state index contributed by atoms with van der Waals surface area (Å²) in [6.07, 6.45) is 0. The molecular formula is C18H14FN7O2S. The van der Waals surface area contributed by atoms with Gasteiger partial charge < -0.3 is 11.1 Å². The minimum absolute atomic E-state index is 0.0905. The van der Waals surface area contributed by atoms with Crippen molar-refractivity contribution in [2.24, 2.45) is 5.73 Å². The van der Waals surface area contributed by atoms with Crippen molar-refractivity contribution < 1.29 is 14.0 Å². The summed E-state index contributed by atoms with van der Waals surface area (Å²) >= 11 is 1.42. The van der Waals surface area contributed by atoms with Crippen molar-refractivity contribution in [3.63, 3.8) is 0 Å². The van der Waals surface area contributed by atoms with Gasteiger partial charge in [-0.15, -0.1) is 16.4 Å². The number of aromatic amines is 1. The molecule has 0 bridgehead atoms. The largest absolute Gasteiger partial charge is 0.364 e. The van der Waals surface area contributed by atoms with Crippen molar-refractivity contribution in [2.45, 2.75) is 6.92 Å². The maximum absolute atomic E-state index is 13.3. The van der Waals surface area contributed by atoms with E-state index in [1.807, 2.05) is 17.5 Å². The second-order valence-corrected chi connectivity index (χ2v) is 6.96. The first-order valence-electron chi connectivity index (χ1n) is 8.37. The van der Waals surface area contributed by atoms with Crippen LogP contribution in [0.5, 0.6) is 0 Å². The van der Waals surface area contributed by atoms with Gasteiger partial charge in [0.25, 0.3) is 11.8 Å². The first kappa shape index (κ1) is 18.5. The van der Waals surface area contributed by atoms with E-state index in [1.165, 1.54) is 40.3 Å². The number of nitrogens with zero attached hydrogens (tertiary/aromatic N) is 4. The Hall–Kier alpha value is -3.86. The Morgan fingerprint density at radius 2 is 2.00 bits per heavy atom. The Kier molecular flexibility index (Phi) is 4.64. The third-order valence-corrected chi connectivity index (χ3v) is 4.91. The predicted molar refractivity (Wildman–Crippen MR) is 104 cm³/mol. The average molecular weight is 411 g/mol. The monoisotopic (exact) mass is 411 g/mol. The number of aryl methyl sites for hydroxylation is 1. The lowest BCUT2D eigenvalue weighted by atomic mass is 10.3. The standard InChI is InChI=1S/C18H14FN7O2S/c1-9-13(14(15(20)27)24-23-9)21-18(28)16-22-17(12-3-2-8-29-12)26(25-16)11-6-4-10(19)5-7-11/h2-8H,1H3,(H2,20,27)(H,21,28)(H,23,24). The van der Waals surface area contributed by atoms with Crippen molar-refractivity contribution in [1.82, 2.24) is 25.0 Å². The zero-order valence-electron chi connectivity index (χ0n) is 15.0. The highest BCUT2D eigenvalue weighted by molar-refractivity contribution is 7.13. The van der Waals surface area contributed by atoms with E-state index < -0.39 is 11.8 Å². The second kappa shape index (κ2) is 7.28. The molecule has 0 aliphatic heterocycles. The van der Waals surface area contributed by atoms with Crippen LogP contribution in [0.15, 0.2) is 41.8 Å². The number of carbonyl (C=O) groups excluding carboxylic acids is 2. The summed E-state index contributed by atoms with van der Waals surface area (Å²) in [5.74, 6) is -1.52. The smallest absolute Gasteiger partial charge is 0.295 e. The summed E-state index contributed by atoms with van der Waals surface area (Å²) in [5.41, 5.74) is 6.36. The summed E-state index contributed by atoms with van der Waals surface area (Å²) in [6.45, 7) is 1.64. The number of benzene rings is 1. The van der Waals surface area contributed by atoms with Gasteiger partial charge in [0.05, 0.1) is 21.9 Å². The van der Waals surface area contributed by atoms with Gasteiger partial charge in [0.2, 0.25) is 5.82 Å². The molecular weight excluding hydrogens is 397 g/mol. The fourth-order valence-electron chi connectivity index (χ4n) is 2.67. The molecule has 0 saturated heterocycles. The van der Waals surface area contributed by atoms with Crippen LogP contribution in [0.4, 0.5) is 10.1 Å². The highest BCUT2D eigenvalue weighted by Crippen LogP contribution is 2.26. The molecule has 0 radical (unpaired) electrons. The number of H-pyrrole nitrogens is 1. The molecule has 0 fully saturated rings. The molecule has 3 aromatic heterocycles. The van der Waals surface area contributed by atoms with Crippen LogP contribution in [0.3, 0.4) is 0 Å². The van der Waals surface area contributed by atoms with Gasteiger partial charge in [-0.1, -0.05) is 6.07 Å². The van der Waals surface area contributed by atoms with E-state index in [4.69, 9.17) is 5.73 Å². The number of halogens is 1. The van der Waals surface area contributed by atoms with Crippen LogP contribution < -0.4 is 11.1 Å². The topological polar surface area (TPSA) is 132 Å². The van der Waals surface area contributed by atoms with Gasteiger partial charge in [0.15, 0.2) is 11.5 Å². The number of amides is 2. The summed E-state index contributed by atoms with van der Waals surface area (Å²) in [5, 5.41) is 15.1. The molecule has 0 unspecified atom stereocenters. The minimum atomic E-state index is -0.784. The van der Waals surface area contributed by atoms with E-state index in [1.54, 1.807) is 6.92 Å². The SMILES string of the molecule is Cc1[nH]nc(C(N)=O)c1NC(=O)c1nc(-c2cccs2)n(-c2ccc(F)cc2)n1. The zero-order valence-corrected chi connectivity index (χ0v) is 15.8. The number of aromatic nitrogens is 5. The highest BCUT2D eigenvalue weighted by atomic mass is 32.1. The number of carbonyl (C=O) groups is 2. The summed E-state index contributed by atoms with van der Waals surface area (Å²) in [6, 6.07) is 9.34. The number of hydrogen-bond acceptors (Lipinski definition) is 6. The normalized spacial score (nSPS) is 10.8. The second-order valence-electron chi connectivity index (χ2n) is 6.02. The third-order valence-electron chi connectivity index (χ3n) is 4.04. The van der Waals surface area contributed by atoms with E-state index in [9.17, 15) is 14.0 Å². The van der Waals surface area contributed by atoms with Gasteiger partial charge in [0, 0.05) is 0 Å². The summed E-state index contributed by atoms with van der Waals surface area (Å²) < 4.78 is 14.8. The van der Waals surface area contributed by atoms with Crippen molar-refractivity contribution >= 4 is 28.8 Å². The fourth-order valence-corrected chi connectivity index (χ4v) is 3.36. The molecule has 0 atom stereocenters. The van der Waals surface area contributed by atoms with Gasteiger partial charge >= 0.3 is 0 Å². The molecule has 4 rings (SSSR count). The van der Waals surface area contributed by atoms with Crippen LogP contribution in [0.25, 0.3) is 16.4 Å². The van der Waals surface area contributed by atoms with Gasteiger partial charge in [-0.25, -0.2) is 14.1 Å². The average Bonchev–Trinajstić information content (AvgIpc) is 3.42. The van der Waals surface area contributed by atoms with Gasteiger partial charge in [-0.2, -0.15) is 5.10 Å². The van der Waals surface area contributed by atoms with Crippen LogP contribution in [0.1, 0.15) is 26.8 Å². The van der Waals surface area contributed by atoms with Crippen LogP contribution in [0, 0.1) is 12.7 Å². The molecule has 0 spiro atoms. The molecule has 146 valence electrons. The molecule has 4 N–H and O–H groups in total. The Morgan fingerprint density at radius 1 is 1.24 bits per heavy atom. The Morgan fingerprint density at radius 3 is 2.66 bits per heavy atom. The van der Waals surface area contributed by atoms with E-state index in [0.717, 1.165) is 4.88 Å². The highest BCUT2D eigenvalue weighted by Gasteiger charge is 2.23. The van der Waals surface area contributed by atoms with Crippen molar-refractivity contribution in [2.75, 3.05) is 5.32 Å². The Balaban J connectivity index is 1.74. The van der Waals surface area contributed by atoms with Crippen LogP contribution >= 0.6 is 11.3 Å². The number of primary amides is 1. The van der Waals surface area contributed by atoms with E-state index in [2.05, 4.69) is 25.6 Å². The minimum Gasteiger partial charge on any atom is -0.364 e. The van der Waals surface area contributed by atoms with Crippen molar-refractivity contribution in [3.05, 3.63) is 64.8 Å². The lowest BCUT2D eigenvalue weighted by Crippen LogP contribution is -2.19. The molecule has 11 heteroatoms. The molecule has 0 aliphatic rings. The van der Waals surface area contributed by atoms with Crippen LogP contribution in [-0.2, 0) is 0 Å². The molecule has 4 aromatic rings.